The number of β-lactam (4-membered cyclic amide) rings is 1. The summed E-state index contributed by atoms with van der Waals surface area (Å²) in [6, 6.07) is 3.32. The van der Waals surface area contributed by atoms with Crippen LogP contribution in [0.2, 0.25) is 0 Å². The van der Waals surface area contributed by atoms with Gasteiger partial charge in [0.15, 0.2) is 0 Å². The number of hydrogen-bond acceptors (Lipinski definition) is 8. The van der Waals surface area contributed by atoms with Crippen molar-refractivity contribution in [2.75, 3.05) is 17.7 Å². The lowest BCUT2D eigenvalue weighted by molar-refractivity contribution is -0.151. The molecule has 12 nitrogen and oxygen atoms in total. The Morgan fingerprint density at radius 1 is 1.34 bits per heavy atom. The molecule has 2 heterocycles. The molecule has 13 heteroatoms. The Bertz CT molecular complexity index is 1030. The SMILES string of the molecule is CC(=O)OCC1=C(C(=O)O)N2C(=O)C(NC(=O)C(N)c3cccc(NC(N)=O)c3)[C@H]2SC1. The Labute approximate surface area is 186 Å². The van der Waals surface area contributed by atoms with Crippen molar-refractivity contribution in [2.24, 2.45) is 11.5 Å². The van der Waals surface area contributed by atoms with Gasteiger partial charge in [0, 0.05) is 23.9 Å². The van der Waals surface area contributed by atoms with Crippen molar-refractivity contribution >= 4 is 47.2 Å². The number of nitrogens with zero attached hydrogens (tertiary/aromatic N) is 1. The van der Waals surface area contributed by atoms with E-state index in [4.69, 9.17) is 16.2 Å². The molecule has 3 atom stereocenters. The summed E-state index contributed by atoms with van der Waals surface area (Å²) in [5.41, 5.74) is 11.9. The first-order valence-electron chi connectivity index (χ1n) is 9.36. The molecule has 2 aliphatic rings. The van der Waals surface area contributed by atoms with Crippen molar-refractivity contribution in [2.45, 2.75) is 24.4 Å². The number of benzene rings is 1. The molecule has 4 amide bonds. The number of carbonyl (C=O) groups is 5. The van der Waals surface area contributed by atoms with Crippen molar-refractivity contribution in [3.8, 4) is 0 Å². The monoisotopic (exact) mass is 463 g/mol. The number of amides is 4. The number of thioether (sulfide) groups is 1. The topological polar surface area (TPSA) is 194 Å². The van der Waals surface area contributed by atoms with E-state index >= 15 is 0 Å². The molecule has 0 spiro atoms. The number of anilines is 1. The highest BCUT2D eigenvalue weighted by atomic mass is 32.2. The van der Waals surface area contributed by atoms with Gasteiger partial charge in [0.05, 0.1) is 0 Å². The zero-order chi connectivity index (χ0) is 23.6. The molecule has 0 bridgehead atoms. The molecule has 170 valence electrons. The van der Waals surface area contributed by atoms with Crippen LogP contribution in [0, 0.1) is 0 Å². The van der Waals surface area contributed by atoms with Crippen LogP contribution < -0.4 is 22.1 Å². The lowest BCUT2D eigenvalue weighted by Gasteiger charge is -2.49. The minimum Gasteiger partial charge on any atom is -0.477 e. The van der Waals surface area contributed by atoms with Crippen molar-refractivity contribution in [3.05, 3.63) is 41.1 Å². The maximum absolute atomic E-state index is 12.7. The Morgan fingerprint density at radius 3 is 2.69 bits per heavy atom. The molecule has 3 rings (SSSR count). The van der Waals surface area contributed by atoms with Gasteiger partial charge in [-0.15, -0.1) is 11.8 Å². The second-order valence-electron chi connectivity index (χ2n) is 7.03. The van der Waals surface area contributed by atoms with Gasteiger partial charge in [0.2, 0.25) is 5.91 Å². The standard InChI is InChI=1S/C19H21N5O7S/c1-8(25)31-6-10-7-32-17-13(16(27)24(17)14(10)18(28)29)23-15(26)12(20)9-3-2-4-11(5-9)22-19(21)30/h2-5,12-13,17H,6-7,20H2,1H3,(H,23,26)(H,28,29)(H3,21,22,30)/t12?,13?,17-/m1/s1. The minimum absolute atomic E-state index is 0.211. The van der Waals surface area contributed by atoms with Gasteiger partial charge in [0.1, 0.15) is 29.8 Å². The third-order valence-electron chi connectivity index (χ3n) is 4.79. The van der Waals surface area contributed by atoms with Gasteiger partial charge < -0.3 is 31.9 Å². The second kappa shape index (κ2) is 9.28. The number of fused-ring (bicyclic) bond motifs is 1. The van der Waals surface area contributed by atoms with Crippen LogP contribution in [0.1, 0.15) is 18.5 Å². The summed E-state index contributed by atoms with van der Waals surface area (Å²) in [6.45, 7) is 0.959. The lowest BCUT2D eigenvalue weighted by Crippen LogP contribution is -2.71. The number of ether oxygens (including phenoxy) is 1. The molecule has 7 N–H and O–H groups in total. The zero-order valence-electron chi connectivity index (χ0n) is 16.9. The summed E-state index contributed by atoms with van der Waals surface area (Å²) in [5, 5.41) is 13.9. The molecule has 0 aromatic heterocycles. The number of hydrogen-bond donors (Lipinski definition) is 5. The first kappa shape index (κ1) is 23.1. The van der Waals surface area contributed by atoms with Crippen LogP contribution in [0.25, 0.3) is 0 Å². The van der Waals surface area contributed by atoms with E-state index in [1.807, 2.05) is 0 Å². The third-order valence-corrected chi connectivity index (χ3v) is 6.13. The Balaban J connectivity index is 1.71. The summed E-state index contributed by atoms with van der Waals surface area (Å²) in [7, 11) is 0. The first-order chi connectivity index (χ1) is 15.1. The van der Waals surface area contributed by atoms with E-state index in [1.165, 1.54) is 24.8 Å². The molecule has 0 aliphatic carbocycles. The van der Waals surface area contributed by atoms with Gasteiger partial charge in [-0.2, -0.15) is 0 Å². The Morgan fingerprint density at radius 2 is 2.06 bits per heavy atom. The highest BCUT2D eigenvalue weighted by molar-refractivity contribution is 8.00. The first-order valence-corrected chi connectivity index (χ1v) is 10.4. The summed E-state index contributed by atoms with van der Waals surface area (Å²) >= 11 is 1.24. The minimum atomic E-state index is -1.33. The molecule has 1 saturated heterocycles. The number of urea groups is 1. The summed E-state index contributed by atoms with van der Waals surface area (Å²) in [6.07, 6.45) is 0. The van der Waals surface area contributed by atoms with Crippen LogP contribution in [-0.4, -0.2) is 63.6 Å². The van der Waals surface area contributed by atoms with Gasteiger partial charge >= 0.3 is 18.0 Å². The quantitative estimate of drug-likeness (QED) is 0.261. The highest BCUT2D eigenvalue weighted by Gasteiger charge is 2.54. The van der Waals surface area contributed by atoms with Gasteiger partial charge in [-0.3, -0.25) is 19.3 Å². The van der Waals surface area contributed by atoms with Crippen LogP contribution in [0.15, 0.2) is 35.5 Å². The summed E-state index contributed by atoms with van der Waals surface area (Å²) in [4.78, 5) is 60.2. The van der Waals surface area contributed by atoms with Crippen LogP contribution in [0.5, 0.6) is 0 Å². The van der Waals surface area contributed by atoms with Crippen LogP contribution in [-0.2, 0) is 23.9 Å². The van der Waals surface area contributed by atoms with Crippen molar-refractivity contribution in [1.82, 2.24) is 10.2 Å². The number of nitrogens with one attached hydrogen (secondary N) is 2. The zero-order valence-corrected chi connectivity index (χ0v) is 17.7. The van der Waals surface area contributed by atoms with Crippen LogP contribution in [0.4, 0.5) is 10.5 Å². The van der Waals surface area contributed by atoms with Crippen molar-refractivity contribution in [3.63, 3.8) is 0 Å². The molecular formula is C19H21N5O7S. The average Bonchev–Trinajstić information content (AvgIpc) is 2.73. The Kier molecular flexibility index (Phi) is 6.69. The number of esters is 1. The maximum atomic E-state index is 12.7. The lowest BCUT2D eigenvalue weighted by atomic mass is 10.0. The average molecular weight is 463 g/mol. The predicted molar refractivity (Wildman–Crippen MR) is 113 cm³/mol. The van der Waals surface area contributed by atoms with E-state index in [0.29, 0.717) is 16.8 Å². The Hall–Kier alpha value is -3.58. The number of primary amides is 1. The number of nitrogens with two attached hydrogens (primary N) is 2. The largest absolute Gasteiger partial charge is 0.477 e. The van der Waals surface area contributed by atoms with E-state index in [2.05, 4.69) is 10.6 Å². The second-order valence-corrected chi connectivity index (χ2v) is 8.13. The predicted octanol–water partition coefficient (Wildman–Crippen LogP) is -0.521. The molecule has 1 aromatic carbocycles. The van der Waals surface area contributed by atoms with E-state index in [9.17, 15) is 29.1 Å². The molecule has 2 unspecified atom stereocenters. The third kappa shape index (κ3) is 4.68. The van der Waals surface area contributed by atoms with Crippen molar-refractivity contribution < 1.29 is 33.8 Å². The molecule has 1 aromatic rings. The van der Waals surface area contributed by atoms with Crippen LogP contribution in [0.3, 0.4) is 0 Å². The number of aliphatic carboxylic acids is 1. The number of carboxylic acid groups (broad SMARTS) is 1. The highest BCUT2D eigenvalue weighted by Crippen LogP contribution is 2.40. The fourth-order valence-electron chi connectivity index (χ4n) is 3.33. The molecule has 0 radical (unpaired) electrons. The summed E-state index contributed by atoms with van der Waals surface area (Å²) in [5.74, 6) is -2.94. The fraction of sp³-hybridized carbons (Fsp3) is 0.316. The van der Waals surface area contributed by atoms with Gasteiger partial charge in [-0.25, -0.2) is 9.59 Å². The maximum Gasteiger partial charge on any atom is 0.352 e. The van der Waals surface area contributed by atoms with Crippen LogP contribution >= 0.6 is 11.8 Å². The summed E-state index contributed by atoms with van der Waals surface area (Å²) < 4.78 is 4.88. The van der Waals surface area contributed by atoms with E-state index < -0.39 is 47.2 Å². The molecule has 0 saturated carbocycles. The fourth-order valence-corrected chi connectivity index (χ4v) is 4.66. The van der Waals surface area contributed by atoms with Gasteiger partial charge in [0.25, 0.3) is 5.91 Å². The van der Waals surface area contributed by atoms with E-state index in [1.54, 1.807) is 18.2 Å². The van der Waals surface area contributed by atoms with E-state index in [0.717, 1.165) is 4.90 Å². The van der Waals surface area contributed by atoms with Gasteiger partial charge in [-0.1, -0.05) is 12.1 Å². The smallest absolute Gasteiger partial charge is 0.352 e. The van der Waals surface area contributed by atoms with Crippen molar-refractivity contribution in [1.29, 1.82) is 0 Å². The molecular weight excluding hydrogens is 442 g/mol. The molecule has 1 fully saturated rings. The molecule has 2 aliphatic heterocycles. The van der Waals surface area contributed by atoms with Gasteiger partial charge in [-0.05, 0) is 17.7 Å². The normalized spacial score (nSPS) is 20.6. The number of carbonyl (C=O) groups excluding carboxylic acids is 4. The number of rotatable bonds is 7. The molecule has 32 heavy (non-hydrogen) atoms. The van der Waals surface area contributed by atoms with E-state index in [-0.39, 0.29) is 18.1 Å². The number of carboxylic acids is 1.